The van der Waals surface area contributed by atoms with Gasteiger partial charge in [0, 0.05) is 29.7 Å². The Morgan fingerprint density at radius 1 is 0.909 bits per heavy atom. The Hall–Kier alpha value is -2.79. The summed E-state index contributed by atoms with van der Waals surface area (Å²) in [4.78, 5) is 12.7. The van der Waals surface area contributed by atoms with Gasteiger partial charge in [0.25, 0.3) is 5.78 Å². The van der Waals surface area contributed by atoms with Gasteiger partial charge in [0.05, 0.1) is 0 Å². The number of rotatable bonds is 2. The zero-order valence-corrected chi connectivity index (χ0v) is 12.1. The minimum absolute atomic E-state index is 0.411. The predicted octanol–water partition coefficient (Wildman–Crippen LogP) is 3.51. The van der Waals surface area contributed by atoms with Gasteiger partial charge < -0.3 is 0 Å². The number of hydrogen-bond donors (Lipinski definition) is 0. The molecule has 0 spiro atoms. The largest absolute Gasteiger partial charge is 0.252 e. The van der Waals surface area contributed by atoms with Crippen LogP contribution in [0, 0.1) is 0 Å². The minimum atomic E-state index is 0.411. The first-order valence-electron chi connectivity index (χ1n) is 6.69. The highest BCUT2D eigenvalue weighted by Crippen LogP contribution is 2.21. The molecule has 6 heteroatoms. The van der Waals surface area contributed by atoms with Crippen molar-refractivity contribution in [2.24, 2.45) is 0 Å². The summed E-state index contributed by atoms with van der Waals surface area (Å²) in [5.41, 5.74) is 2.88. The SMILES string of the molecule is Clc1cc(-c2nc3ncc(-c4ccccc4)cn3n2)ccn1. The van der Waals surface area contributed by atoms with Gasteiger partial charge in [0.1, 0.15) is 5.15 Å². The van der Waals surface area contributed by atoms with Gasteiger partial charge >= 0.3 is 0 Å². The van der Waals surface area contributed by atoms with Gasteiger partial charge in [-0.15, -0.1) is 5.10 Å². The standard InChI is InChI=1S/C16H10ClN5/c17-14-8-12(6-7-18-14)15-20-16-19-9-13(10-22(16)21-15)11-4-2-1-3-5-11/h1-10H. The highest BCUT2D eigenvalue weighted by atomic mass is 35.5. The molecule has 1 aromatic carbocycles. The molecule has 22 heavy (non-hydrogen) atoms. The lowest BCUT2D eigenvalue weighted by atomic mass is 10.1. The Labute approximate surface area is 131 Å². The van der Waals surface area contributed by atoms with Crippen molar-refractivity contribution < 1.29 is 0 Å². The molecule has 5 nitrogen and oxygen atoms in total. The Kier molecular flexibility index (Phi) is 3.05. The fourth-order valence-corrected chi connectivity index (χ4v) is 2.40. The van der Waals surface area contributed by atoms with E-state index in [1.54, 1.807) is 23.0 Å². The van der Waals surface area contributed by atoms with Crippen molar-refractivity contribution >= 4 is 17.4 Å². The lowest BCUT2D eigenvalue weighted by Gasteiger charge is -2.00. The summed E-state index contributed by atoms with van der Waals surface area (Å²) >= 11 is 5.91. The summed E-state index contributed by atoms with van der Waals surface area (Å²) < 4.78 is 1.67. The average Bonchev–Trinajstić information content (AvgIpc) is 2.99. The molecule has 0 amide bonds. The summed E-state index contributed by atoms with van der Waals surface area (Å²) in [7, 11) is 0. The van der Waals surface area contributed by atoms with Gasteiger partial charge in [-0.3, -0.25) is 0 Å². The zero-order valence-electron chi connectivity index (χ0n) is 11.4. The van der Waals surface area contributed by atoms with Crippen LogP contribution in [0.15, 0.2) is 61.1 Å². The summed E-state index contributed by atoms with van der Waals surface area (Å²) in [6, 6.07) is 13.6. The van der Waals surface area contributed by atoms with E-state index in [1.165, 1.54) is 0 Å². The third kappa shape index (κ3) is 2.31. The van der Waals surface area contributed by atoms with Gasteiger partial charge in [0.15, 0.2) is 5.82 Å². The monoisotopic (exact) mass is 307 g/mol. The van der Waals surface area contributed by atoms with Gasteiger partial charge in [-0.05, 0) is 17.7 Å². The number of aromatic nitrogens is 5. The highest BCUT2D eigenvalue weighted by Gasteiger charge is 2.09. The van der Waals surface area contributed by atoms with E-state index in [-0.39, 0.29) is 0 Å². The fraction of sp³-hybridized carbons (Fsp3) is 0. The van der Waals surface area contributed by atoms with E-state index in [0.717, 1.165) is 16.7 Å². The molecule has 0 saturated carbocycles. The second-order valence-electron chi connectivity index (χ2n) is 4.76. The zero-order chi connectivity index (χ0) is 14.9. The number of fused-ring (bicyclic) bond motifs is 1. The van der Waals surface area contributed by atoms with Crippen LogP contribution in [-0.2, 0) is 0 Å². The van der Waals surface area contributed by atoms with Crippen molar-refractivity contribution in [1.29, 1.82) is 0 Å². The molecule has 0 aliphatic carbocycles. The predicted molar refractivity (Wildman–Crippen MR) is 84.5 cm³/mol. The number of pyridine rings is 1. The molecule has 4 rings (SSSR count). The van der Waals surface area contributed by atoms with E-state index in [4.69, 9.17) is 11.6 Å². The first-order valence-corrected chi connectivity index (χ1v) is 7.07. The van der Waals surface area contributed by atoms with Gasteiger partial charge in [-0.2, -0.15) is 4.98 Å². The quantitative estimate of drug-likeness (QED) is 0.532. The normalized spacial score (nSPS) is 11.0. The van der Waals surface area contributed by atoms with Gasteiger partial charge in [0.2, 0.25) is 0 Å². The maximum Gasteiger partial charge on any atom is 0.252 e. The minimum Gasteiger partial charge on any atom is -0.245 e. The van der Waals surface area contributed by atoms with E-state index in [0.29, 0.717) is 16.8 Å². The van der Waals surface area contributed by atoms with Crippen molar-refractivity contribution in [2.75, 3.05) is 0 Å². The smallest absolute Gasteiger partial charge is 0.245 e. The first-order chi connectivity index (χ1) is 10.8. The molecule has 106 valence electrons. The molecule has 3 heterocycles. The Balaban J connectivity index is 1.82. The molecule has 0 unspecified atom stereocenters. The highest BCUT2D eigenvalue weighted by molar-refractivity contribution is 6.29. The van der Waals surface area contributed by atoms with Crippen LogP contribution in [0.4, 0.5) is 0 Å². The Morgan fingerprint density at radius 3 is 2.59 bits per heavy atom. The van der Waals surface area contributed by atoms with Crippen LogP contribution in [0.3, 0.4) is 0 Å². The molecule has 0 radical (unpaired) electrons. The second-order valence-corrected chi connectivity index (χ2v) is 5.14. The molecule has 0 N–H and O–H groups in total. The third-order valence-corrected chi connectivity index (χ3v) is 3.49. The van der Waals surface area contributed by atoms with Gasteiger partial charge in [-0.25, -0.2) is 14.5 Å². The molecular weight excluding hydrogens is 298 g/mol. The van der Waals surface area contributed by atoms with Crippen LogP contribution in [0.25, 0.3) is 28.3 Å². The molecule has 4 aromatic rings. The summed E-state index contributed by atoms with van der Waals surface area (Å²) in [6.07, 6.45) is 5.34. The van der Waals surface area contributed by atoms with Crippen LogP contribution in [0.5, 0.6) is 0 Å². The van der Waals surface area contributed by atoms with Crippen molar-refractivity contribution in [2.45, 2.75) is 0 Å². The van der Waals surface area contributed by atoms with E-state index < -0.39 is 0 Å². The summed E-state index contributed by atoms with van der Waals surface area (Å²) in [5.74, 6) is 1.12. The lowest BCUT2D eigenvalue weighted by molar-refractivity contribution is 0.944. The topological polar surface area (TPSA) is 56.0 Å². The van der Waals surface area contributed by atoms with Crippen LogP contribution in [0.1, 0.15) is 0 Å². The Bertz CT molecular complexity index is 949. The van der Waals surface area contributed by atoms with Crippen LogP contribution < -0.4 is 0 Å². The average molecular weight is 308 g/mol. The fourth-order valence-electron chi connectivity index (χ4n) is 2.23. The van der Waals surface area contributed by atoms with E-state index >= 15 is 0 Å². The number of nitrogens with zero attached hydrogens (tertiary/aromatic N) is 5. The first kappa shape index (κ1) is 12.9. The molecule has 0 bridgehead atoms. The second kappa shape index (κ2) is 5.20. The summed E-state index contributed by atoms with van der Waals surface area (Å²) in [6.45, 7) is 0. The third-order valence-electron chi connectivity index (χ3n) is 3.29. The maximum atomic E-state index is 5.91. The van der Waals surface area contributed by atoms with Gasteiger partial charge in [-0.1, -0.05) is 41.9 Å². The molecule has 0 aliphatic rings. The van der Waals surface area contributed by atoms with Crippen LogP contribution in [0.2, 0.25) is 5.15 Å². The maximum absolute atomic E-state index is 5.91. The molecule has 0 aliphatic heterocycles. The molecule has 3 aromatic heterocycles. The van der Waals surface area contributed by atoms with Crippen LogP contribution in [-0.4, -0.2) is 24.6 Å². The van der Waals surface area contributed by atoms with E-state index in [1.807, 2.05) is 42.6 Å². The Morgan fingerprint density at radius 2 is 1.77 bits per heavy atom. The molecule has 0 saturated heterocycles. The molecule has 0 fully saturated rings. The number of halogens is 1. The summed E-state index contributed by atoms with van der Waals surface area (Å²) in [5, 5.41) is 4.88. The van der Waals surface area contributed by atoms with Crippen molar-refractivity contribution in [3.63, 3.8) is 0 Å². The lowest BCUT2D eigenvalue weighted by Crippen LogP contribution is -1.91. The van der Waals surface area contributed by atoms with Crippen LogP contribution >= 0.6 is 11.6 Å². The number of benzene rings is 1. The van der Waals surface area contributed by atoms with E-state index in [9.17, 15) is 0 Å². The number of hydrogen-bond acceptors (Lipinski definition) is 4. The van der Waals surface area contributed by atoms with E-state index in [2.05, 4.69) is 20.1 Å². The molecular formula is C16H10ClN5. The van der Waals surface area contributed by atoms with Crippen molar-refractivity contribution in [3.8, 4) is 22.5 Å². The van der Waals surface area contributed by atoms with Crippen molar-refractivity contribution in [1.82, 2.24) is 24.6 Å². The molecule has 0 atom stereocenters. The van der Waals surface area contributed by atoms with Crippen molar-refractivity contribution in [3.05, 3.63) is 66.2 Å².